The minimum atomic E-state index is -3.62. The Hall–Kier alpha value is -2.13. The van der Waals surface area contributed by atoms with Gasteiger partial charge in [0.1, 0.15) is 0 Å². The first-order chi connectivity index (χ1) is 12.8. The van der Waals surface area contributed by atoms with Gasteiger partial charge in [0.15, 0.2) is 0 Å². The van der Waals surface area contributed by atoms with Gasteiger partial charge in [-0.15, -0.1) is 0 Å². The highest BCUT2D eigenvalue weighted by atomic mass is 32.2. The van der Waals surface area contributed by atoms with Crippen LogP contribution in [-0.2, 0) is 14.8 Å². The zero-order valence-corrected chi connectivity index (χ0v) is 16.9. The number of ether oxygens (including phenoxy) is 1. The molecule has 1 heterocycles. The molecule has 0 radical (unpaired) electrons. The lowest BCUT2D eigenvalue weighted by Gasteiger charge is -2.34. The highest BCUT2D eigenvalue weighted by Gasteiger charge is 2.27. The molecule has 0 aliphatic carbocycles. The Kier molecular flexibility index (Phi) is 7.20. The van der Waals surface area contributed by atoms with Gasteiger partial charge in [0.2, 0.25) is 10.0 Å². The van der Waals surface area contributed by atoms with E-state index < -0.39 is 10.0 Å². The Labute approximate surface area is 160 Å². The summed E-state index contributed by atoms with van der Waals surface area (Å²) in [5.41, 5.74) is 0.327. The average molecular weight is 397 g/mol. The third-order valence-electron chi connectivity index (χ3n) is 4.52. The molecular formula is C18H27N3O5S. The number of sulfonamides is 1. The molecule has 1 aliphatic rings. The van der Waals surface area contributed by atoms with Crippen molar-refractivity contribution < 1.29 is 22.7 Å². The van der Waals surface area contributed by atoms with Gasteiger partial charge in [-0.3, -0.25) is 4.79 Å². The van der Waals surface area contributed by atoms with E-state index in [2.05, 4.69) is 0 Å². The van der Waals surface area contributed by atoms with Crippen molar-refractivity contribution >= 4 is 22.0 Å². The number of amides is 2. The van der Waals surface area contributed by atoms with Crippen molar-refractivity contribution in [1.29, 1.82) is 0 Å². The van der Waals surface area contributed by atoms with Crippen LogP contribution < -0.4 is 0 Å². The largest absolute Gasteiger partial charge is 0.450 e. The van der Waals surface area contributed by atoms with Crippen molar-refractivity contribution in [3.05, 3.63) is 29.8 Å². The maximum atomic E-state index is 12.8. The van der Waals surface area contributed by atoms with Crippen molar-refractivity contribution in [2.24, 2.45) is 0 Å². The van der Waals surface area contributed by atoms with Crippen molar-refractivity contribution in [2.45, 2.75) is 25.7 Å². The number of carbonyl (C=O) groups excluding carboxylic acids is 2. The molecule has 0 saturated carbocycles. The lowest BCUT2D eigenvalue weighted by atomic mass is 10.2. The first-order valence-corrected chi connectivity index (χ1v) is 10.6. The maximum absolute atomic E-state index is 12.8. The van der Waals surface area contributed by atoms with Gasteiger partial charge in [0.05, 0.1) is 11.5 Å². The summed E-state index contributed by atoms with van der Waals surface area (Å²) < 4.78 is 31.7. The monoisotopic (exact) mass is 397 g/mol. The van der Waals surface area contributed by atoms with E-state index in [1.54, 1.807) is 42.7 Å². The Morgan fingerprint density at radius 3 is 2.19 bits per heavy atom. The van der Waals surface area contributed by atoms with E-state index in [0.717, 1.165) is 0 Å². The number of benzene rings is 1. The van der Waals surface area contributed by atoms with E-state index in [0.29, 0.717) is 51.4 Å². The maximum Gasteiger partial charge on any atom is 0.409 e. The molecule has 150 valence electrons. The Bertz CT molecular complexity index is 769. The Morgan fingerprint density at radius 2 is 1.63 bits per heavy atom. The van der Waals surface area contributed by atoms with Crippen LogP contribution >= 0.6 is 0 Å². The van der Waals surface area contributed by atoms with Gasteiger partial charge in [-0.05, 0) is 25.1 Å². The van der Waals surface area contributed by atoms with E-state index in [1.165, 1.54) is 16.4 Å². The molecule has 0 aromatic heterocycles. The van der Waals surface area contributed by atoms with Gasteiger partial charge in [-0.25, -0.2) is 13.2 Å². The number of hydrogen-bond acceptors (Lipinski definition) is 5. The molecule has 0 atom stereocenters. The number of nitrogens with zero attached hydrogens (tertiary/aromatic N) is 3. The van der Waals surface area contributed by atoms with Crippen molar-refractivity contribution in [3.8, 4) is 0 Å². The fourth-order valence-electron chi connectivity index (χ4n) is 2.99. The van der Waals surface area contributed by atoms with Gasteiger partial charge in [0, 0.05) is 44.8 Å². The lowest BCUT2D eigenvalue weighted by Crippen LogP contribution is -2.50. The van der Waals surface area contributed by atoms with E-state index in [1.807, 2.05) is 0 Å². The first kappa shape index (κ1) is 21.2. The van der Waals surface area contributed by atoms with Crippen LogP contribution in [0.5, 0.6) is 0 Å². The first-order valence-electron chi connectivity index (χ1n) is 9.16. The minimum absolute atomic E-state index is 0.113. The molecule has 0 bridgehead atoms. The Morgan fingerprint density at radius 1 is 1.04 bits per heavy atom. The summed E-state index contributed by atoms with van der Waals surface area (Å²) in [7, 11) is -3.62. The summed E-state index contributed by atoms with van der Waals surface area (Å²) in [6, 6.07) is 6.12. The molecule has 0 spiro atoms. The zero-order valence-electron chi connectivity index (χ0n) is 16.1. The summed E-state index contributed by atoms with van der Waals surface area (Å²) in [5, 5.41) is 0. The predicted octanol–water partition coefficient (Wildman–Crippen LogP) is 1.63. The van der Waals surface area contributed by atoms with Crippen molar-refractivity contribution in [1.82, 2.24) is 14.1 Å². The van der Waals surface area contributed by atoms with E-state index >= 15 is 0 Å². The van der Waals surface area contributed by atoms with Crippen molar-refractivity contribution in [2.75, 3.05) is 45.9 Å². The molecule has 9 heteroatoms. The summed E-state index contributed by atoms with van der Waals surface area (Å²) >= 11 is 0. The van der Waals surface area contributed by atoms with E-state index in [-0.39, 0.29) is 16.9 Å². The fourth-order valence-corrected chi connectivity index (χ4v) is 4.50. The van der Waals surface area contributed by atoms with Gasteiger partial charge in [0.25, 0.3) is 5.91 Å². The second kappa shape index (κ2) is 9.18. The molecule has 2 amide bonds. The second-order valence-electron chi connectivity index (χ2n) is 6.10. The molecule has 1 aliphatic heterocycles. The highest BCUT2D eigenvalue weighted by molar-refractivity contribution is 7.89. The Balaban J connectivity index is 2.11. The van der Waals surface area contributed by atoms with Crippen LogP contribution in [0.4, 0.5) is 4.79 Å². The molecule has 1 aromatic carbocycles. The highest BCUT2D eigenvalue weighted by Crippen LogP contribution is 2.18. The van der Waals surface area contributed by atoms with E-state index in [4.69, 9.17) is 4.74 Å². The fraction of sp³-hybridized carbons (Fsp3) is 0.556. The lowest BCUT2D eigenvalue weighted by molar-refractivity contribution is 0.0570. The molecule has 1 aromatic rings. The summed E-state index contributed by atoms with van der Waals surface area (Å²) in [4.78, 5) is 27.8. The average Bonchev–Trinajstić information content (AvgIpc) is 2.68. The molecule has 1 fully saturated rings. The third-order valence-corrected chi connectivity index (χ3v) is 6.56. The molecule has 0 N–H and O–H groups in total. The molecule has 8 nitrogen and oxygen atoms in total. The summed E-state index contributed by atoms with van der Waals surface area (Å²) in [6.45, 7) is 7.89. The number of carbonyl (C=O) groups is 2. The second-order valence-corrected chi connectivity index (χ2v) is 8.03. The number of hydrogen-bond donors (Lipinski definition) is 0. The van der Waals surface area contributed by atoms with Gasteiger partial charge in [-0.1, -0.05) is 19.9 Å². The van der Waals surface area contributed by atoms with Gasteiger partial charge < -0.3 is 14.5 Å². The molecule has 0 unspecified atom stereocenters. The number of rotatable bonds is 6. The minimum Gasteiger partial charge on any atom is -0.450 e. The number of piperazine rings is 1. The van der Waals surface area contributed by atoms with Crippen LogP contribution in [0.1, 0.15) is 31.1 Å². The van der Waals surface area contributed by atoms with Crippen LogP contribution in [0.25, 0.3) is 0 Å². The molecule has 2 rings (SSSR count). The van der Waals surface area contributed by atoms with Gasteiger partial charge >= 0.3 is 6.09 Å². The zero-order chi connectivity index (χ0) is 20.0. The van der Waals surface area contributed by atoms with Crippen LogP contribution in [0.3, 0.4) is 0 Å². The van der Waals surface area contributed by atoms with Gasteiger partial charge in [-0.2, -0.15) is 4.31 Å². The summed E-state index contributed by atoms with van der Waals surface area (Å²) in [5.74, 6) is -0.241. The molecule has 27 heavy (non-hydrogen) atoms. The van der Waals surface area contributed by atoms with Crippen LogP contribution in [-0.4, -0.2) is 80.4 Å². The quantitative estimate of drug-likeness (QED) is 0.728. The van der Waals surface area contributed by atoms with Crippen molar-refractivity contribution in [3.63, 3.8) is 0 Å². The normalized spacial score (nSPS) is 15.1. The van der Waals surface area contributed by atoms with E-state index in [9.17, 15) is 18.0 Å². The van der Waals surface area contributed by atoms with Crippen LogP contribution in [0.2, 0.25) is 0 Å². The molecule has 1 saturated heterocycles. The summed E-state index contributed by atoms with van der Waals surface area (Å²) in [6.07, 6.45) is -0.378. The smallest absolute Gasteiger partial charge is 0.409 e. The standard InChI is InChI=1S/C18H27N3O5S/c1-4-21(5-2)27(24,25)16-9-7-8-15(14-16)17(22)19-10-12-20(13-11-19)18(23)26-6-3/h7-9,14H,4-6,10-13H2,1-3H3. The predicted molar refractivity (Wildman–Crippen MR) is 101 cm³/mol. The SMILES string of the molecule is CCOC(=O)N1CCN(C(=O)c2cccc(S(=O)(=O)N(CC)CC)c2)CC1. The third kappa shape index (κ3) is 4.78. The van der Waals surface area contributed by atoms with Crippen LogP contribution in [0.15, 0.2) is 29.2 Å². The molecular weight excluding hydrogens is 370 g/mol. The van der Waals surface area contributed by atoms with Crippen LogP contribution in [0, 0.1) is 0 Å². The topological polar surface area (TPSA) is 87.2 Å².